The van der Waals surface area contributed by atoms with Crippen LogP contribution in [0.5, 0.6) is 0 Å². The van der Waals surface area contributed by atoms with Crippen molar-refractivity contribution in [2.45, 2.75) is 6.10 Å². The lowest BCUT2D eigenvalue weighted by atomic mass is 10.5. The summed E-state index contributed by atoms with van der Waals surface area (Å²) in [6.45, 7) is 0.787. The Bertz CT molecular complexity index is 167. The van der Waals surface area contributed by atoms with Crippen LogP contribution in [0.25, 0.3) is 0 Å². The van der Waals surface area contributed by atoms with Crippen molar-refractivity contribution in [2.75, 3.05) is 6.61 Å². The Hall–Kier alpha value is -0.900. The van der Waals surface area contributed by atoms with Crippen molar-refractivity contribution in [1.29, 1.82) is 0 Å². The van der Waals surface area contributed by atoms with E-state index in [9.17, 15) is 0 Å². The van der Waals surface area contributed by atoms with Gasteiger partial charge in [-0.15, -0.1) is 0 Å². The van der Waals surface area contributed by atoms with Crippen LogP contribution in [-0.2, 0) is 4.74 Å². The minimum atomic E-state index is 0.206. The zero-order chi connectivity index (χ0) is 5.40. The van der Waals surface area contributed by atoms with Gasteiger partial charge in [-0.1, -0.05) is 0 Å². The predicted molar refractivity (Wildman–Crippen MR) is 25.1 cm³/mol. The van der Waals surface area contributed by atoms with E-state index in [0.717, 1.165) is 12.4 Å². The number of rotatable bonds is 1. The van der Waals surface area contributed by atoms with Crippen molar-refractivity contribution in [2.24, 2.45) is 0 Å². The summed E-state index contributed by atoms with van der Waals surface area (Å²) < 4.78 is 4.92. The Morgan fingerprint density at radius 1 is 1.88 bits per heavy atom. The van der Waals surface area contributed by atoms with Gasteiger partial charge in [0, 0.05) is 0 Å². The lowest BCUT2D eigenvalue weighted by molar-refractivity contribution is 0.407. The van der Waals surface area contributed by atoms with Crippen molar-refractivity contribution in [3.63, 3.8) is 0 Å². The zero-order valence-corrected chi connectivity index (χ0v) is 4.16. The molecule has 2 rings (SSSR count). The molecule has 0 unspecified atom stereocenters. The molecule has 1 atom stereocenters. The van der Waals surface area contributed by atoms with Crippen LogP contribution in [0, 0.1) is 0 Å². The van der Waals surface area contributed by atoms with Crippen LogP contribution in [0.4, 0.5) is 0 Å². The second kappa shape index (κ2) is 1.29. The minimum Gasteiger partial charge on any atom is -0.365 e. The van der Waals surface area contributed by atoms with Gasteiger partial charge in [0.2, 0.25) is 0 Å². The van der Waals surface area contributed by atoms with Gasteiger partial charge in [-0.2, -0.15) is 5.10 Å². The van der Waals surface area contributed by atoms with E-state index < -0.39 is 0 Å². The second-order valence-corrected chi connectivity index (χ2v) is 1.69. The third kappa shape index (κ3) is 0.500. The Kier molecular flexibility index (Phi) is 0.648. The van der Waals surface area contributed by atoms with Crippen LogP contribution in [-0.4, -0.2) is 21.8 Å². The van der Waals surface area contributed by atoms with Crippen LogP contribution in [0.3, 0.4) is 0 Å². The highest BCUT2D eigenvalue weighted by Gasteiger charge is 2.27. The van der Waals surface area contributed by atoms with Gasteiger partial charge in [-0.3, -0.25) is 5.10 Å². The van der Waals surface area contributed by atoms with Crippen molar-refractivity contribution >= 4 is 0 Å². The van der Waals surface area contributed by atoms with Crippen molar-refractivity contribution in [3.8, 4) is 0 Å². The maximum absolute atomic E-state index is 4.92. The zero-order valence-electron chi connectivity index (χ0n) is 4.16. The molecule has 0 spiro atoms. The molecule has 4 nitrogen and oxygen atoms in total. The van der Waals surface area contributed by atoms with Gasteiger partial charge < -0.3 is 4.74 Å². The molecule has 1 saturated heterocycles. The van der Waals surface area contributed by atoms with Crippen LogP contribution in [0.1, 0.15) is 11.9 Å². The van der Waals surface area contributed by atoms with Crippen LogP contribution < -0.4 is 0 Å². The summed E-state index contributed by atoms with van der Waals surface area (Å²) in [5.41, 5.74) is 0. The topological polar surface area (TPSA) is 54.1 Å². The Balaban J connectivity index is 2.28. The van der Waals surface area contributed by atoms with E-state index in [0.29, 0.717) is 0 Å². The summed E-state index contributed by atoms with van der Waals surface area (Å²) in [4.78, 5) is 3.89. The summed E-state index contributed by atoms with van der Waals surface area (Å²) in [5.74, 6) is 0.838. The van der Waals surface area contributed by atoms with E-state index in [1.165, 1.54) is 6.33 Å². The van der Waals surface area contributed by atoms with Crippen LogP contribution >= 0.6 is 0 Å². The summed E-state index contributed by atoms with van der Waals surface area (Å²) in [7, 11) is 0. The molecule has 0 aromatic carbocycles. The molecule has 4 heteroatoms. The highest BCUT2D eigenvalue weighted by Crippen LogP contribution is 2.25. The fourth-order valence-corrected chi connectivity index (χ4v) is 0.576. The molecule has 0 radical (unpaired) electrons. The SMILES string of the molecule is c1n[nH]c([C@H]2CO2)n1. The number of hydrogen-bond donors (Lipinski definition) is 1. The maximum atomic E-state index is 4.92. The smallest absolute Gasteiger partial charge is 0.155 e. The minimum absolute atomic E-state index is 0.206. The molecule has 0 aliphatic carbocycles. The fourth-order valence-electron chi connectivity index (χ4n) is 0.576. The lowest BCUT2D eigenvalue weighted by Gasteiger charge is -1.77. The van der Waals surface area contributed by atoms with Crippen LogP contribution in [0.2, 0.25) is 0 Å². The van der Waals surface area contributed by atoms with Gasteiger partial charge in [-0.25, -0.2) is 4.98 Å². The Labute approximate surface area is 45.9 Å². The van der Waals surface area contributed by atoms with Gasteiger partial charge in [0.1, 0.15) is 12.4 Å². The Morgan fingerprint density at radius 2 is 2.75 bits per heavy atom. The second-order valence-electron chi connectivity index (χ2n) is 1.69. The fraction of sp³-hybridized carbons (Fsp3) is 0.500. The van der Waals surface area contributed by atoms with Crippen molar-refractivity contribution < 1.29 is 4.74 Å². The molecular formula is C4H5N3O. The van der Waals surface area contributed by atoms with Gasteiger partial charge in [0.05, 0.1) is 6.61 Å². The molecule has 1 aliphatic rings. The summed E-state index contributed by atoms with van der Waals surface area (Å²) in [6, 6.07) is 0. The van der Waals surface area contributed by atoms with Crippen LogP contribution in [0.15, 0.2) is 6.33 Å². The standard InChI is InChI=1S/C4H5N3O/c1-3(8-1)4-5-2-6-7-4/h2-3H,1H2,(H,5,6,7)/t3-/m1/s1. The molecule has 0 saturated carbocycles. The van der Waals surface area contributed by atoms with Gasteiger partial charge in [-0.05, 0) is 0 Å². The van der Waals surface area contributed by atoms with Gasteiger partial charge in [0.15, 0.2) is 5.82 Å². The monoisotopic (exact) mass is 111 g/mol. The molecule has 1 aromatic heterocycles. The van der Waals surface area contributed by atoms with Gasteiger partial charge in [0.25, 0.3) is 0 Å². The van der Waals surface area contributed by atoms with E-state index in [-0.39, 0.29) is 6.10 Å². The number of nitrogens with one attached hydrogen (secondary N) is 1. The summed E-state index contributed by atoms with van der Waals surface area (Å²) in [6.07, 6.45) is 1.69. The maximum Gasteiger partial charge on any atom is 0.155 e. The molecule has 42 valence electrons. The first kappa shape index (κ1) is 4.03. The quantitative estimate of drug-likeness (QED) is 0.514. The molecule has 1 N–H and O–H groups in total. The Morgan fingerprint density at radius 3 is 3.25 bits per heavy atom. The highest BCUT2D eigenvalue weighted by molar-refractivity contribution is 4.93. The molecule has 1 aliphatic heterocycles. The lowest BCUT2D eigenvalue weighted by Crippen LogP contribution is -1.81. The molecule has 0 amide bonds. The number of aromatic nitrogens is 3. The van der Waals surface area contributed by atoms with Crippen molar-refractivity contribution in [3.05, 3.63) is 12.2 Å². The number of nitrogens with zero attached hydrogens (tertiary/aromatic N) is 2. The molecule has 2 heterocycles. The third-order valence-corrected chi connectivity index (χ3v) is 1.07. The largest absolute Gasteiger partial charge is 0.365 e. The first-order chi connectivity index (χ1) is 3.97. The third-order valence-electron chi connectivity index (χ3n) is 1.07. The highest BCUT2D eigenvalue weighted by atomic mass is 16.6. The van der Waals surface area contributed by atoms with E-state index >= 15 is 0 Å². The molecule has 0 bridgehead atoms. The first-order valence-corrected chi connectivity index (χ1v) is 2.43. The molecule has 1 aromatic rings. The van der Waals surface area contributed by atoms with E-state index in [1.807, 2.05) is 0 Å². The number of aromatic amines is 1. The average Bonchev–Trinajstić information content (AvgIpc) is 2.49. The number of H-pyrrole nitrogens is 1. The van der Waals surface area contributed by atoms with Crippen molar-refractivity contribution in [1.82, 2.24) is 15.2 Å². The van der Waals surface area contributed by atoms with E-state index in [2.05, 4.69) is 15.2 Å². The van der Waals surface area contributed by atoms with Gasteiger partial charge >= 0.3 is 0 Å². The summed E-state index contributed by atoms with van der Waals surface area (Å²) >= 11 is 0. The first-order valence-electron chi connectivity index (χ1n) is 2.43. The molecule has 8 heavy (non-hydrogen) atoms. The number of epoxide rings is 1. The van der Waals surface area contributed by atoms with E-state index in [4.69, 9.17) is 4.74 Å². The number of hydrogen-bond acceptors (Lipinski definition) is 3. The molecule has 1 fully saturated rings. The molecular weight excluding hydrogens is 106 g/mol. The number of ether oxygens (including phenoxy) is 1. The summed E-state index contributed by atoms with van der Waals surface area (Å²) in [5, 5.41) is 6.38. The average molecular weight is 111 g/mol. The van der Waals surface area contributed by atoms with E-state index in [1.54, 1.807) is 0 Å². The predicted octanol–water partition coefficient (Wildman–Crippen LogP) is -0.124. The normalized spacial score (nSPS) is 25.8.